The molecular formula is C22H22. The summed E-state index contributed by atoms with van der Waals surface area (Å²) in [5.74, 6) is 0. The van der Waals surface area contributed by atoms with Crippen LogP contribution < -0.4 is 0 Å². The summed E-state index contributed by atoms with van der Waals surface area (Å²) >= 11 is 0. The Balaban J connectivity index is 2.34. The highest BCUT2D eigenvalue weighted by atomic mass is 14.4. The normalized spacial score (nSPS) is 11.4. The van der Waals surface area contributed by atoms with Gasteiger partial charge in [-0.2, -0.15) is 0 Å². The first kappa shape index (κ1) is 14.6. The van der Waals surface area contributed by atoms with Crippen molar-refractivity contribution < 1.29 is 0 Å². The van der Waals surface area contributed by atoms with Crippen molar-refractivity contribution >= 4 is 0 Å². The first-order valence-corrected chi connectivity index (χ1v) is 7.96. The third-order valence-electron chi connectivity index (χ3n) is 4.67. The lowest BCUT2D eigenvalue weighted by atomic mass is 9.66. The average Bonchev–Trinajstić information content (AvgIpc) is 2.59. The molecule has 3 aromatic rings. The van der Waals surface area contributed by atoms with Crippen LogP contribution in [-0.4, -0.2) is 0 Å². The van der Waals surface area contributed by atoms with E-state index in [0.717, 1.165) is 6.42 Å². The summed E-state index contributed by atoms with van der Waals surface area (Å²) in [5.41, 5.74) is 5.37. The molecule has 0 N–H and O–H groups in total. The molecule has 0 aliphatic rings. The first-order chi connectivity index (χ1) is 10.8. The van der Waals surface area contributed by atoms with Gasteiger partial charge in [-0.25, -0.2) is 0 Å². The molecule has 0 aliphatic carbocycles. The van der Waals surface area contributed by atoms with Crippen molar-refractivity contribution in [2.75, 3.05) is 0 Å². The Kier molecular flexibility index (Phi) is 4.11. The summed E-state index contributed by atoms with van der Waals surface area (Å²) < 4.78 is 0. The van der Waals surface area contributed by atoms with Crippen molar-refractivity contribution in [2.45, 2.75) is 25.7 Å². The van der Waals surface area contributed by atoms with Crippen LogP contribution in [0.5, 0.6) is 0 Å². The van der Waals surface area contributed by atoms with E-state index in [9.17, 15) is 0 Å². The van der Waals surface area contributed by atoms with Gasteiger partial charge < -0.3 is 0 Å². The van der Waals surface area contributed by atoms with Crippen molar-refractivity contribution in [3.8, 4) is 0 Å². The van der Waals surface area contributed by atoms with Gasteiger partial charge in [0.1, 0.15) is 0 Å². The molecule has 3 aromatic carbocycles. The number of hydrogen-bond acceptors (Lipinski definition) is 0. The van der Waals surface area contributed by atoms with E-state index in [1.165, 1.54) is 22.3 Å². The predicted molar refractivity (Wildman–Crippen MR) is 94.2 cm³/mol. The maximum absolute atomic E-state index is 2.28. The van der Waals surface area contributed by atoms with Crippen molar-refractivity contribution in [1.29, 1.82) is 0 Å². The molecule has 0 heteroatoms. The van der Waals surface area contributed by atoms with E-state index in [4.69, 9.17) is 0 Å². The summed E-state index contributed by atoms with van der Waals surface area (Å²) in [5, 5.41) is 0. The number of benzene rings is 3. The fourth-order valence-electron chi connectivity index (χ4n) is 3.57. The van der Waals surface area contributed by atoms with Gasteiger partial charge in [-0.1, -0.05) is 91.9 Å². The van der Waals surface area contributed by atoms with E-state index < -0.39 is 0 Å². The highest BCUT2D eigenvalue weighted by molar-refractivity contribution is 5.52. The van der Waals surface area contributed by atoms with Crippen molar-refractivity contribution in [3.05, 3.63) is 107 Å². The van der Waals surface area contributed by atoms with Crippen LogP contribution in [0.15, 0.2) is 84.9 Å². The minimum Gasteiger partial charge on any atom is -0.0639 e. The molecular weight excluding hydrogens is 264 g/mol. The zero-order valence-electron chi connectivity index (χ0n) is 13.3. The molecule has 0 nitrogen and oxygen atoms in total. The first-order valence-electron chi connectivity index (χ1n) is 7.96. The van der Waals surface area contributed by atoms with Crippen LogP contribution in [0, 0.1) is 6.92 Å². The molecule has 0 amide bonds. The average molecular weight is 286 g/mol. The molecule has 0 heterocycles. The minimum atomic E-state index is -0.0894. The quantitative estimate of drug-likeness (QED) is 0.536. The fraction of sp³-hybridized carbons (Fsp3) is 0.182. The van der Waals surface area contributed by atoms with Gasteiger partial charge in [0.15, 0.2) is 0 Å². The van der Waals surface area contributed by atoms with Crippen molar-refractivity contribution in [3.63, 3.8) is 0 Å². The van der Waals surface area contributed by atoms with Crippen LogP contribution in [0.25, 0.3) is 0 Å². The molecule has 0 aromatic heterocycles. The van der Waals surface area contributed by atoms with Gasteiger partial charge in [-0.15, -0.1) is 0 Å². The zero-order valence-corrected chi connectivity index (χ0v) is 13.3. The van der Waals surface area contributed by atoms with Crippen LogP contribution in [0.2, 0.25) is 0 Å². The molecule has 0 saturated carbocycles. The molecule has 0 bridgehead atoms. The largest absolute Gasteiger partial charge is 0.0639 e. The van der Waals surface area contributed by atoms with E-state index in [-0.39, 0.29) is 5.41 Å². The monoisotopic (exact) mass is 286 g/mol. The lowest BCUT2D eigenvalue weighted by Gasteiger charge is -2.36. The number of aryl methyl sites for hydroxylation is 1. The molecule has 0 atom stereocenters. The summed E-state index contributed by atoms with van der Waals surface area (Å²) in [6.07, 6.45) is 1.03. The van der Waals surface area contributed by atoms with Gasteiger partial charge in [0.2, 0.25) is 0 Å². The maximum Gasteiger partial charge on any atom is 0.0451 e. The third-order valence-corrected chi connectivity index (χ3v) is 4.67. The van der Waals surface area contributed by atoms with E-state index in [1.54, 1.807) is 0 Å². The van der Waals surface area contributed by atoms with Crippen LogP contribution in [0.1, 0.15) is 35.6 Å². The maximum atomic E-state index is 2.28. The van der Waals surface area contributed by atoms with E-state index >= 15 is 0 Å². The molecule has 0 aliphatic heterocycles. The molecule has 22 heavy (non-hydrogen) atoms. The van der Waals surface area contributed by atoms with Gasteiger partial charge in [0.25, 0.3) is 0 Å². The van der Waals surface area contributed by atoms with Gasteiger partial charge in [-0.3, -0.25) is 0 Å². The second kappa shape index (κ2) is 6.19. The van der Waals surface area contributed by atoms with Crippen LogP contribution in [-0.2, 0) is 5.41 Å². The van der Waals surface area contributed by atoms with Crippen LogP contribution in [0.3, 0.4) is 0 Å². The van der Waals surface area contributed by atoms with Gasteiger partial charge in [0, 0.05) is 5.41 Å². The molecule has 0 fully saturated rings. The Hall–Kier alpha value is -2.34. The third kappa shape index (κ3) is 2.35. The summed E-state index contributed by atoms with van der Waals surface area (Å²) in [7, 11) is 0. The Morgan fingerprint density at radius 2 is 1.09 bits per heavy atom. The predicted octanol–water partition coefficient (Wildman–Crippen LogP) is 5.74. The van der Waals surface area contributed by atoms with Gasteiger partial charge in [0.05, 0.1) is 0 Å². The molecule has 0 unspecified atom stereocenters. The summed E-state index contributed by atoms with van der Waals surface area (Å²) in [6, 6.07) is 30.5. The van der Waals surface area contributed by atoms with E-state index in [1.807, 2.05) is 0 Å². The Morgan fingerprint density at radius 1 is 0.636 bits per heavy atom. The minimum absolute atomic E-state index is 0.0894. The zero-order chi connectivity index (χ0) is 15.4. The molecule has 110 valence electrons. The lowest BCUT2D eigenvalue weighted by molar-refractivity contribution is 0.590. The molecule has 3 rings (SSSR count). The van der Waals surface area contributed by atoms with Crippen LogP contribution in [0.4, 0.5) is 0 Å². The van der Waals surface area contributed by atoms with Crippen LogP contribution >= 0.6 is 0 Å². The topological polar surface area (TPSA) is 0 Å². The highest BCUT2D eigenvalue weighted by Crippen LogP contribution is 2.43. The fourth-order valence-corrected chi connectivity index (χ4v) is 3.57. The van der Waals surface area contributed by atoms with Crippen molar-refractivity contribution in [2.24, 2.45) is 0 Å². The number of rotatable bonds is 4. The SMILES string of the molecule is CCC(c1ccccc1)(c1ccccc1)c1ccccc1C. The van der Waals surface area contributed by atoms with Gasteiger partial charge in [-0.05, 0) is 35.6 Å². The molecule has 0 saturated heterocycles. The van der Waals surface area contributed by atoms with E-state index in [2.05, 4.69) is 98.8 Å². The Labute approximate surface area is 133 Å². The highest BCUT2D eigenvalue weighted by Gasteiger charge is 2.35. The second-order valence-electron chi connectivity index (χ2n) is 5.81. The molecule has 0 spiro atoms. The van der Waals surface area contributed by atoms with E-state index in [0.29, 0.717) is 0 Å². The Bertz CT molecular complexity index is 687. The standard InChI is InChI=1S/C22H22/c1-3-22(19-13-6-4-7-14-19,20-15-8-5-9-16-20)21-17-11-10-12-18(21)2/h4-17H,3H2,1-2H3. The van der Waals surface area contributed by atoms with Crippen molar-refractivity contribution in [1.82, 2.24) is 0 Å². The van der Waals surface area contributed by atoms with Gasteiger partial charge >= 0.3 is 0 Å². The molecule has 0 radical (unpaired) electrons. The smallest absolute Gasteiger partial charge is 0.0451 e. The summed E-state index contributed by atoms with van der Waals surface area (Å²) in [6.45, 7) is 4.50. The summed E-state index contributed by atoms with van der Waals surface area (Å²) in [4.78, 5) is 0. The second-order valence-corrected chi connectivity index (χ2v) is 5.81. The number of hydrogen-bond donors (Lipinski definition) is 0. The lowest BCUT2D eigenvalue weighted by Crippen LogP contribution is -2.29. The Morgan fingerprint density at radius 3 is 1.55 bits per heavy atom.